The van der Waals surface area contributed by atoms with Crippen LogP contribution in [-0.2, 0) is 24.2 Å². The molecule has 12 nitrogen and oxygen atoms in total. The third-order valence-corrected chi connectivity index (χ3v) is 7.89. The lowest BCUT2D eigenvalue weighted by molar-refractivity contribution is -0.156. The Hall–Kier alpha value is -3.35. The molecule has 1 aromatic carbocycles. The molecule has 162 valence electrons. The summed E-state index contributed by atoms with van der Waals surface area (Å²) in [6.07, 6.45) is 0.534. The van der Waals surface area contributed by atoms with E-state index in [4.69, 9.17) is 0 Å². The van der Waals surface area contributed by atoms with E-state index in [1.54, 1.807) is 0 Å². The number of phenolic OH excluding ortho intramolecular Hbond substituents is 2. The summed E-state index contributed by atoms with van der Waals surface area (Å²) >= 11 is 0. The molecule has 5 N–H and O–H groups in total. The van der Waals surface area contributed by atoms with E-state index in [9.17, 15) is 38.1 Å². The summed E-state index contributed by atoms with van der Waals surface area (Å²) in [5, 5.41) is 33.4. The number of carboxylic acid groups (broad SMARTS) is 1. The number of fused-ring (bicyclic) bond motifs is 1. The molecular weight excluding hydrogens is 420 g/mol. The van der Waals surface area contributed by atoms with Crippen molar-refractivity contribution in [3.8, 4) is 11.5 Å². The monoisotopic (exact) mass is 440 g/mol. The third-order valence-electron chi connectivity index (χ3n) is 5.22. The summed E-state index contributed by atoms with van der Waals surface area (Å²) in [7, 11) is -4.07. The van der Waals surface area contributed by atoms with E-state index in [0.717, 1.165) is 18.0 Å². The molecule has 0 bridgehead atoms. The molecule has 30 heavy (non-hydrogen) atoms. The molecular formula is C17H20N4O8S. The first-order chi connectivity index (χ1) is 13.9. The number of sulfone groups is 1. The first-order valence-corrected chi connectivity index (χ1v) is 10.3. The number of nitrogens with one attached hydrogen (secondary N) is 2. The minimum absolute atomic E-state index is 0.289. The zero-order chi connectivity index (χ0) is 22.4. The van der Waals surface area contributed by atoms with E-state index >= 15 is 0 Å². The van der Waals surface area contributed by atoms with Crippen LogP contribution in [0, 0.1) is 0 Å². The standard InChI is InChI=1S/C17H20N4O8S/c1-8(19-9-3-4-10(22)11(23)5-9)15(25)20-18-7-17(2)14(16(26)27)21-12(24)6-13(21)30(17,28)29/h3-5,7-8,13-14,19,22-23H,6H2,1-2H3,(H,20,25)(H,26,27)/b18-7+/t8-,13+,14-,17-/m0/s1. The van der Waals surface area contributed by atoms with Crippen LogP contribution in [0.3, 0.4) is 0 Å². The van der Waals surface area contributed by atoms with E-state index in [0.29, 0.717) is 5.69 Å². The van der Waals surface area contributed by atoms with E-state index in [1.165, 1.54) is 25.1 Å². The van der Waals surface area contributed by atoms with Crippen molar-refractivity contribution in [3.05, 3.63) is 18.2 Å². The summed E-state index contributed by atoms with van der Waals surface area (Å²) in [4.78, 5) is 36.4. The van der Waals surface area contributed by atoms with Crippen molar-refractivity contribution in [2.75, 3.05) is 5.32 Å². The quantitative estimate of drug-likeness (QED) is 0.124. The first-order valence-electron chi connectivity index (χ1n) is 8.80. The summed E-state index contributed by atoms with van der Waals surface area (Å²) < 4.78 is 23.4. The van der Waals surface area contributed by atoms with E-state index < -0.39 is 49.8 Å². The predicted octanol–water partition coefficient (Wildman–Crippen LogP) is -0.801. The fourth-order valence-corrected chi connectivity index (χ4v) is 5.67. The molecule has 0 aliphatic carbocycles. The molecule has 0 radical (unpaired) electrons. The molecule has 4 atom stereocenters. The largest absolute Gasteiger partial charge is 0.504 e. The Balaban J connectivity index is 1.72. The predicted molar refractivity (Wildman–Crippen MR) is 103 cm³/mol. The third kappa shape index (κ3) is 3.20. The van der Waals surface area contributed by atoms with Crippen molar-refractivity contribution in [2.45, 2.75) is 42.5 Å². The Labute approximate surface area is 171 Å². The van der Waals surface area contributed by atoms with Crippen LogP contribution in [-0.4, -0.2) is 74.8 Å². The Bertz CT molecular complexity index is 1060. The molecule has 2 aliphatic rings. The number of anilines is 1. The maximum absolute atomic E-state index is 12.7. The van der Waals surface area contributed by atoms with Crippen molar-refractivity contribution in [2.24, 2.45) is 5.10 Å². The molecule has 0 spiro atoms. The molecule has 2 fully saturated rings. The lowest BCUT2D eigenvalue weighted by atomic mass is 9.97. The molecule has 2 saturated heterocycles. The van der Waals surface area contributed by atoms with Crippen LogP contribution in [0.1, 0.15) is 20.3 Å². The zero-order valence-electron chi connectivity index (χ0n) is 15.9. The fraction of sp³-hybridized carbons (Fsp3) is 0.412. The topological polar surface area (TPSA) is 186 Å². The van der Waals surface area contributed by atoms with Crippen LogP contribution in [0.2, 0.25) is 0 Å². The Morgan fingerprint density at radius 3 is 2.57 bits per heavy atom. The number of carboxylic acids is 1. The average Bonchev–Trinajstić information content (AvgIpc) is 2.79. The van der Waals surface area contributed by atoms with Crippen LogP contribution >= 0.6 is 0 Å². The van der Waals surface area contributed by atoms with Gasteiger partial charge in [0.25, 0.3) is 5.91 Å². The molecule has 0 unspecified atom stereocenters. The zero-order valence-corrected chi connectivity index (χ0v) is 16.8. The van der Waals surface area contributed by atoms with Gasteiger partial charge in [0, 0.05) is 18.0 Å². The molecule has 13 heteroatoms. The van der Waals surface area contributed by atoms with E-state index in [1.807, 2.05) is 0 Å². The Morgan fingerprint density at radius 1 is 1.33 bits per heavy atom. The number of aliphatic carboxylic acids is 1. The molecule has 1 aromatic rings. The van der Waals surface area contributed by atoms with Crippen molar-refractivity contribution in [1.29, 1.82) is 0 Å². The highest BCUT2D eigenvalue weighted by atomic mass is 32.2. The minimum Gasteiger partial charge on any atom is -0.504 e. The molecule has 0 aromatic heterocycles. The second kappa shape index (κ2) is 7.16. The summed E-state index contributed by atoms with van der Waals surface area (Å²) in [6.45, 7) is 2.61. The lowest BCUT2D eigenvalue weighted by Gasteiger charge is -2.35. The summed E-state index contributed by atoms with van der Waals surface area (Å²) in [6, 6.07) is 1.32. The Kier molecular flexibility index (Phi) is 5.10. The number of phenols is 2. The van der Waals surface area contributed by atoms with Crippen molar-refractivity contribution < 1.29 is 38.1 Å². The second-order valence-electron chi connectivity index (χ2n) is 7.23. The highest BCUT2D eigenvalue weighted by molar-refractivity contribution is 7.94. The van der Waals surface area contributed by atoms with Gasteiger partial charge < -0.3 is 25.5 Å². The van der Waals surface area contributed by atoms with Crippen molar-refractivity contribution in [3.63, 3.8) is 0 Å². The van der Waals surface area contributed by atoms with Crippen LogP contribution < -0.4 is 10.7 Å². The van der Waals surface area contributed by atoms with Crippen LogP contribution in [0.25, 0.3) is 0 Å². The van der Waals surface area contributed by atoms with Gasteiger partial charge in [0.1, 0.15) is 16.2 Å². The number of hydrogen-bond acceptors (Lipinski definition) is 9. The maximum Gasteiger partial charge on any atom is 0.328 e. The first kappa shape index (κ1) is 21.4. The Morgan fingerprint density at radius 2 is 2.00 bits per heavy atom. The van der Waals surface area contributed by atoms with E-state index in [-0.39, 0.29) is 17.9 Å². The second-order valence-corrected chi connectivity index (χ2v) is 9.75. The number of hydrogen-bond donors (Lipinski definition) is 5. The summed E-state index contributed by atoms with van der Waals surface area (Å²) in [5.41, 5.74) is 2.46. The van der Waals surface area contributed by atoms with Gasteiger partial charge in [0.05, 0.1) is 6.42 Å². The van der Waals surface area contributed by atoms with Crippen LogP contribution in [0.15, 0.2) is 23.3 Å². The van der Waals surface area contributed by atoms with Gasteiger partial charge in [-0.05, 0) is 26.0 Å². The molecule has 2 heterocycles. The van der Waals surface area contributed by atoms with Gasteiger partial charge in [-0.3, -0.25) is 9.59 Å². The maximum atomic E-state index is 12.7. The van der Waals surface area contributed by atoms with Crippen molar-refractivity contribution in [1.82, 2.24) is 10.3 Å². The smallest absolute Gasteiger partial charge is 0.328 e. The summed E-state index contributed by atoms with van der Waals surface area (Å²) in [5.74, 6) is -3.46. The number of β-lactam (4-membered cyclic amide) rings is 1. The van der Waals surface area contributed by atoms with Gasteiger partial charge >= 0.3 is 5.97 Å². The molecule has 0 saturated carbocycles. The highest BCUT2D eigenvalue weighted by Gasteiger charge is 2.69. The molecule has 2 aliphatic heterocycles. The van der Waals surface area contributed by atoms with Gasteiger partial charge in [0.15, 0.2) is 27.4 Å². The normalized spacial score (nSPS) is 27.9. The number of benzene rings is 1. The van der Waals surface area contributed by atoms with Gasteiger partial charge in [-0.1, -0.05) is 0 Å². The molecule has 2 amide bonds. The number of aromatic hydroxyl groups is 2. The number of rotatable bonds is 6. The lowest BCUT2D eigenvalue weighted by Crippen LogP contribution is -2.57. The number of carbonyl (C=O) groups is 3. The highest BCUT2D eigenvalue weighted by Crippen LogP contribution is 2.45. The van der Waals surface area contributed by atoms with Gasteiger partial charge in [-0.25, -0.2) is 18.6 Å². The van der Waals surface area contributed by atoms with Gasteiger partial charge in [0.2, 0.25) is 5.91 Å². The van der Waals surface area contributed by atoms with Crippen LogP contribution in [0.4, 0.5) is 5.69 Å². The van der Waals surface area contributed by atoms with Crippen molar-refractivity contribution >= 4 is 39.5 Å². The minimum atomic E-state index is -4.07. The average molecular weight is 440 g/mol. The number of amides is 2. The van der Waals surface area contributed by atoms with Crippen LogP contribution in [0.5, 0.6) is 11.5 Å². The number of hydrazone groups is 1. The fourth-order valence-electron chi connectivity index (χ4n) is 3.45. The number of nitrogens with zero attached hydrogens (tertiary/aromatic N) is 2. The van der Waals surface area contributed by atoms with E-state index in [2.05, 4.69) is 15.8 Å². The molecule has 3 rings (SSSR count). The SMILES string of the molecule is C[C@H](Nc1ccc(O)c(O)c1)C(=O)N/N=C/[C@@]1(C)[C@H](C(=O)O)N2C(=O)C[C@H]2S1(=O)=O. The number of carbonyl (C=O) groups excluding carboxylic acids is 2. The van der Waals surface area contributed by atoms with Gasteiger partial charge in [-0.2, -0.15) is 5.10 Å². The van der Waals surface area contributed by atoms with Gasteiger partial charge in [-0.15, -0.1) is 0 Å².